The number of rotatable bonds is 1. The van der Waals surface area contributed by atoms with Crippen molar-refractivity contribution in [1.29, 1.82) is 0 Å². The third-order valence-electron chi connectivity index (χ3n) is 1.81. The van der Waals surface area contributed by atoms with Gasteiger partial charge in [0.25, 0.3) is 0 Å². The second kappa shape index (κ2) is 2.69. The van der Waals surface area contributed by atoms with Gasteiger partial charge in [-0.15, -0.1) is 10.2 Å². The SMILES string of the molecule is FC(F)(F)c1nnc(C2CNC2)o1. The minimum Gasteiger partial charge on any atom is -0.417 e. The molecule has 0 radical (unpaired) electrons. The average Bonchev–Trinajstić information content (AvgIpc) is 2.29. The van der Waals surface area contributed by atoms with Crippen LogP contribution in [0.1, 0.15) is 17.7 Å². The molecular formula is C6H6F3N3O. The number of nitrogens with one attached hydrogen (secondary N) is 1. The van der Waals surface area contributed by atoms with Crippen LogP contribution in [-0.2, 0) is 6.18 Å². The molecule has 0 atom stereocenters. The quantitative estimate of drug-likeness (QED) is 0.715. The molecule has 0 amide bonds. The maximum absolute atomic E-state index is 12.0. The van der Waals surface area contributed by atoms with Crippen molar-refractivity contribution in [3.63, 3.8) is 0 Å². The van der Waals surface area contributed by atoms with E-state index >= 15 is 0 Å². The van der Waals surface area contributed by atoms with Crippen LogP contribution in [0.4, 0.5) is 13.2 Å². The van der Waals surface area contributed by atoms with Gasteiger partial charge in [0.05, 0.1) is 5.92 Å². The summed E-state index contributed by atoms with van der Waals surface area (Å²) in [5.41, 5.74) is 0. The van der Waals surface area contributed by atoms with Crippen LogP contribution in [0.25, 0.3) is 0 Å². The van der Waals surface area contributed by atoms with Crippen LogP contribution < -0.4 is 5.32 Å². The van der Waals surface area contributed by atoms with Gasteiger partial charge in [-0.2, -0.15) is 13.2 Å². The summed E-state index contributed by atoms with van der Waals surface area (Å²) in [6.45, 7) is 1.19. The molecule has 2 rings (SSSR count). The zero-order valence-corrected chi connectivity index (χ0v) is 6.43. The van der Waals surface area contributed by atoms with Gasteiger partial charge in [0.1, 0.15) is 0 Å². The molecule has 1 saturated heterocycles. The smallest absolute Gasteiger partial charge is 0.417 e. The van der Waals surface area contributed by atoms with Crippen LogP contribution in [0.3, 0.4) is 0 Å². The molecule has 1 N–H and O–H groups in total. The van der Waals surface area contributed by atoms with Crippen molar-refractivity contribution in [1.82, 2.24) is 15.5 Å². The lowest BCUT2D eigenvalue weighted by atomic mass is 10.0. The van der Waals surface area contributed by atoms with Crippen LogP contribution in [0.2, 0.25) is 0 Å². The maximum atomic E-state index is 12.0. The summed E-state index contributed by atoms with van der Waals surface area (Å²) < 4.78 is 40.4. The summed E-state index contributed by atoms with van der Waals surface area (Å²) in [5, 5.41) is 9.15. The van der Waals surface area contributed by atoms with E-state index in [9.17, 15) is 13.2 Å². The molecule has 72 valence electrons. The van der Waals surface area contributed by atoms with Gasteiger partial charge in [0.15, 0.2) is 0 Å². The summed E-state index contributed by atoms with van der Waals surface area (Å²) in [5.74, 6) is -1.27. The largest absolute Gasteiger partial charge is 0.470 e. The van der Waals surface area contributed by atoms with E-state index in [1.54, 1.807) is 0 Å². The standard InChI is InChI=1S/C6H6F3N3O/c7-6(8,9)5-12-11-4(13-5)3-1-10-2-3/h3,10H,1-2H2. The first kappa shape index (κ1) is 8.49. The molecule has 1 aromatic heterocycles. The van der Waals surface area contributed by atoms with E-state index in [2.05, 4.69) is 19.9 Å². The van der Waals surface area contributed by atoms with E-state index in [0.29, 0.717) is 13.1 Å². The molecule has 0 bridgehead atoms. The highest BCUT2D eigenvalue weighted by Gasteiger charge is 2.39. The fourth-order valence-electron chi connectivity index (χ4n) is 0.977. The lowest BCUT2D eigenvalue weighted by Crippen LogP contribution is -2.40. The van der Waals surface area contributed by atoms with Crippen LogP contribution in [0, 0.1) is 0 Å². The molecule has 1 aromatic rings. The average molecular weight is 193 g/mol. The summed E-state index contributed by atoms with van der Waals surface area (Å²) in [6, 6.07) is 0. The van der Waals surface area contributed by atoms with Gasteiger partial charge in [-0.1, -0.05) is 0 Å². The van der Waals surface area contributed by atoms with Gasteiger partial charge in [0, 0.05) is 13.1 Å². The van der Waals surface area contributed by atoms with E-state index in [-0.39, 0.29) is 11.8 Å². The number of hydrogen-bond donors (Lipinski definition) is 1. The fraction of sp³-hybridized carbons (Fsp3) is 0.667. The Morgan fingerprint density at radius 1 is 1.31 bits per heavy atom. The third-order valence-corrected chi connectivity index (χ3v) is 1.81. The molecule has 2 heterocycles. The number of nitrogens with zero attached hydrogens (tertiary/aromatic N) is 2. The monoisotopic (exact) mass is 193 g/mol. The van der Waals surface area contributed by atoms with Crippen LogP contribution in [0.15, 0.2) is 4.42 Å². The van der Waals surface area contributed by atoms with Crippen LogP contribution >= 0.6 is 0 Å². The maximum Gasteiger partial charge on any atom is 0.470 e. The van der Waals surface area contributed by atoms with E-state index in [4.69, 9.17) is 0 Å². The number of aromatic nitrogens is 2. The highest BCUT2D eigenvalue weighted by Crippen LogP contribution is 2.29. The van der Waals surface area contributed by atoms with Crippen molar-refractivity contribution in [3.05, 3.63) is 11.8 Å². The summed E-state index contributed by atoms with van der Waals surface area (Å²) in [6.07, 6.45) is -4.54. The van der Waals surface area contributed by atoms with Gasteiger partial charge in [-0.3, -0.25) is 0 Å². The Morgan fingerprint density at radius 2 is 2.00 bits per heavy atom. The van der Waals surface area contributed by atoms with Gasteiger partial charge in [0.2, 0.25) is 5.89 Å². The predicted molar refractivity (Wildman–Crippen MR) is 34.9 cm³/mol. The molecule has 7 heteroatoms. The molecule has 1 aliphatic heterocycles. The topological polar surface area (TPSA) is 51.0 Å². The van der Waals surface area contributed by atoms with E-state index < -0.39 is 12.1 Å². The molecule has 0 saturated carbocycles. The van der Waals surface area contributed by atoms with Gasteiger partial charge in [-0.25, -0.2) is 0 Å². The van der Waals surface area contributed by atoms with Crippen molar-refractivity contribution < 1.29 is 17.6 Å². The zero-order valence-electron chi connectivity index (χ0n) is 6.43. The molecule has 1 fully saturated rings. The highest BCUT2D eigenvalue weighted by atomic mass is 19.4. The molecule has 0 aromatic carbocycles. The van der Waals surface area contributed by atoms with Gasteiger partial charge < -0.3 is 9.73 Å². The Labute approximate surface area is 71.1 Å². The Hall–Kier alpha value is -1.11. The minimum absolute atomic E-state index is 0.0612. The molecule has 1 aliphatic rings. The van der Waals surface area contributed by atoms with Crippen molar-refractivity contribution >= 4 is 0 Å². The zero-order chi connectivity index (χ0) is 9.47. The molecule has 0 unspecified atom stereocenters. The lowest BCUT2D eigenvalue weighted by Gasteiger charge is -2.22. The van der Waals surface area contributed by atoms with E-state index in [1.807, 2.05) is 0 Å². The summed E-state index contributed by atoms with van der Waals surface area (Å²) in [4.78, 5) is 0. The first-order valence-corrected chi connectivity index (χ1v) is 3.68. The number of halogens is 3. The first-order chi connectivity index (χ1) is 6.07. The van der Waals surface area contributed by atoms with Crippen molar-refractivity contribution in [2.24, 2.45) is 0 Å². The molecule has 4 nitrogen and oxygen atoms in total. The summed E-state index contributed by atoms with van der Waals surface area (Å²) >= 11 is 0. The van der Waals surface area contributed by atoms with Crippen LogP contribution in [-0.4, -0.2) is 23.3 Å². The Balaban J connectivity index is 2.17. The Kier molecular flexibility index (Phi) is 1.76. The second-order valence-electron chi connectivity index (χ2n) is 2.80. The van der Waals surface area contributed by atoms with E-state index in [1.165, 1.54) is 0 Å². The molecular weight excluding hydrogens is 187 g/mol. The van der Waals surface area contributed by atoms with Crippen molar-refractivity contribution in [3.8, 4) is 0 Å². The first-order valence-electron chi connectivity index (χ1n) is 3.68. The van der Waals surface area contributed by atoms with E-state index in [0.717, 1.165) is 0 Å². The normalized spacial score (nSPS) is 18.7. The highest BCUT2D eigenvalue weighted by molar-refractivity contribution is 5.00. The predicted octanol–water partition coefficient (Wildman–Crippen LogP) is 0.775. The lowest BCUT2D eigenvalue weighted by molar-refractivity contribution is -0.157. The Bertz CT molecular complexity index is 304. The summed E-state index contributed by atoms with van der Waals surface area (Å²) in [7, 11) is 0. The van der Waals surface area contributed by atoms with Gasteiger partial charge in [-0.05, 0) is 0 Å². The number of alkyl halides is 3. The molecule has 13 heavy (non-hydrogen) atoms. The molecule has 0 spiro atoms. The van der Waals surface area contributed by atoms with Gasteiger partial charge >= 0.3 is 12.1 Å². The Morgan fingerprint density at radius 3 is 2.38 bits per heavy atom. The third kappa shape index (κ3) is 1.51. The fourth-order valence-corrected chi connectivity index (χ4v) is 0.977. The molecule has 0 aliphatic carbocycles. The van der Waals surface area contributed by atoms with Crippen LogP contribution in [0.5, 0.6) is 0 Å². The second-order valence-corrected chi connectivity index (χ2v) is 2.80. The number of hydrogen-bond acceptors (Lipinski definition) is 4. The van der Waals surface area contributed by atoms with Crippen molar-refractivity contribution in [2.45, 2.75) is 12.1 Å². The minimum atomic E-state index is -4.54. The van der Waals surface area contributed by atoms with Crippen molar-refractivity contribution in [2.75, 3.05) is 13.1 Å².